The smallest absolute Gasteiger partial charge is 0.324 e. The molecule has 0 spiro atoms. The minimum Gasteiger partial charge on any atom is -0.324 e. The second kappa shape index (κ2) is 7.36. The maximum atomic E-state index is 12.9. The van der Waals surface area contributed by atoms with E-state index in [9.17, 15) is 22.8 Å². The van der Waals surface area contributed by atoms with Crippen LogP contribution in [0.4, 0.5) is 18.9 Å². The predicted molar refractivity (Wildman–Crippen MR) is 85.0 cm³/mol. The molecular formula is C17H10ClF3N2O2. The number of carbonyl (C=O) groups is 2. The third-order valence-electron chi connectivity index (χ3n) is 3.27. The lowest BCUT2D eigenvalue weighted by molar-refractivity contribution is -0.137. The Morgan fingerprint density at radius 1 is 1.08 bits per heavy atom. The number of carbonyl (C=O) groups excluding carboxylic acids is 2. The van der Waals surface area contributed by atoms with Crippen LogP contribution in [-0.2, 0) is 11.0 Å². The van der Waals surface area contributed by atoms with Crippen LogP contribution in [0.3, 0.4) is 0 Å². The summed E-state index contributed by atoms with van der Waals surface area (Å²) in [4.78, 5) is 24.4. The fourth-order valence-electron chi connectivity index (χ4n) is 2.06. The molecule has 1 unspecified atom stereocenters. The van der Waals surface area contributed by atoms with Gasteiger partial charge in [-0.1, -0.05) is 23.7 Å². The number of amides is 1. The summed E-state index contributed by atoms with van der Waals surface area (Å²) in [6, 6.07) is 11.3. The van der Waals surface area contributed by atoms with Crippen molar-refractivity contribution in [2.45, 2.75) is 6.18 Å². The highest BCUT2D eigenvalue weighted by Crippen LogP contribution is 2.34. The average Bonchev–Trinajstić information content (AvgIpc) is 2.55. The van der Waals surface area contributed by atoms with E-state index >= 15 is 0 Å². The van der Waals surface area contributed by atoms with Gasteiger partial charge in [-0.05, 0) is 36.4 Å². The van der Waals surface area contributed by atoms with Gasteiger partial charge in [0, 0.05) is 10.6 Å². The summed E-state index contributed by atoms with van der Waals surface area (Å²) in [5.74, 6) is -3.76. The first-order valence-corrected chi connectivity index (χ1v) is 7.28. The molecule has 0 fully saturated rings. The van der Waals surface area contributed by atoms with E-state index in [-0.39, 0.29) is 5.56 Å². The number of ketones is 1. The SMILES string of the molecule is N#CC(C(=O)Nc1ccccc1C(F)(F)F)C(=O)c1ccc(Cl)cc1. The monoisotopic (exact) mass is 366 g/mol. The molecule has 0 aliphatic carbocycles. The Bertz CT molecular complexity index is 842. The molecule has 0 aliphatic heterocycles. The lowest BCUT2D eigenvalue weighted by atomic mass is 9.98. The van der Waals surface area contributed by atoms with Crippen molar-refractivity contribution in [1.29, 1.82) is 5.26 Å². The number of nitriles is 1. The first-order chi connectivity index (χ1) is 11.7. The maximum Gasteiger partial charge on any atom is 0.418 e. The second-order valence-electron chi connectivity index (χ2n) is 4.97. The molecule has 25 heavy (non-hydrogen) atoms. The van der Waals surface area contributed by atoms with E-state index in [1.165, 1.54) is 42.5 Å². The van der Waals surface area contributed by atoms with Crippen LogP contribution < -0.4 is 5.32 Å². The standard InChI is InChI=1S/C17H10ClF3N2O2/c18-11-7-5-10(6-8-11)15(24)12(9-22)16(25)23-14-4-2-1-3-13(14)17(19,20)21/h1-8,12H,(H,23,25). The molecule has 1 atom stereocenters. The molecule has 128 valence electrons. The second-order valence-corrected chi connectivity index (χ2v) is 5.40. The zero-order chi connectivity index (χ0) is 18.6. The van der Waals surface area contributed by atoms with Gasteiger partial charge >= 0.3 is 6.18 Å². The Hall–Kier alpha value is -2.85. The number of nitrogens with zero attached hydrogens (tertiary/aromatic N) is 1. The largest absolute Gasteiger partial charge is 0.418 e. The van der Waals surface area contributed by atoms with Crippen LogP contribution in [0.15, 0.2) is 48.5 Å². The molecule has 2 aromatic rings. The molecule has 1 amide bonds. The van der Waals surface area contributed by atoms with Gasteiger partial charge in [0.15, 0.2) is 11.7 Å². The van der Waals surface area contributed by atoms with Crippen LogP contribution >= 0.6 is 11.6 Å². The number of halogens is 4. The van der Waals surface area contributed by atoms with Gasteiger partial charge in [0.05, 0.1) is 17.3 Å². The number of anilines is 1. The number of nitrogens with one attached hydrogen (secondary N) is 1. The molecule has 4 nitrogen and oxygen atoms in total. The van der Waals surface area contributed by atoms with E-state index in [4.69, 9.17) is 16.9 Å². The molecule has 0 aromatic heterocycles. The number of para-hydroxylation sites is 1. The number of rotatable bonds is 4. The first kappa shape index (κ1) is 18.5. The molecule has 0 saturated carbocycles. The van der Waals surface area contributed by atoms with E-state index in [0.717, 1.165) is 12.1 Å². The lowest BCUT2D eigenvalue weighted by Gasteiger charge is -2.15. The van der Waals surface area contributed by atoms with E-state index in [1.54, 1.807) is 0 Å². The average molecular weight is 367 g/mol. The fraction of sp³-hybridized carbons (Fsp3) is 0.118. The van der Waals surface area contributed by atoms with E-state index in [2.05, 4.69) is 0 Å². The summed E-state index contributed by atoms with van der Waals surface area (Å²) in [6.07, 6.45) is -4.69. The van der Waals surface area contributed by atoms with Gasteiger partial charge in [-0.25, -0.2) is 0 Å². The topological polar surface area (TPSA) is 70.0 Å². The third-order valence-corrected chi connectivity index (χ3v) is 3.52. The molecule has 0 heterocycles. The summed E-state index contributed by atoms with van der Waals surface area (Å²) in [5, 5.41) is 11.5. The highest BCUT2D eigenvalue weighted by Gasteiger charge is 2.35. The van der Waals surface area contributed by atoms with Gasteiger partial charge in [0.25, 0.3) is 0 Å². The van der Waals surface area contributed by atoms with Gasteiger partial charge in [-0.2, -0.15) is 18.4 Å². The van der Waals surface area contributed by atoms with Crippen molar-refractivity contribution in [3.05, 3.63) is 64.7 Å². The van der Waals surface area contributed by atoms with Gasteiger partial charge in [0.1, 0.15) is 0 Å². The van der Waals surface area contributed by atoms with Crippen LogP contribution in [0.2, 0.25) is 5.02 Å². The van der Waals surface area contributed by atoms with Crippen LogP contribution in [0.1, 0.15) is 15.9 Å². The highest BCUT2D eigenvalue weighted by molar-refractivity contribution is 6.30. The lowest BCUT2D eigenvalue weighted by Crippen LogP contribution is -2.29. The number of Topliss-reactive ketones (excluding diaryl/α,β-unsaturated/α-hetero) is 1. The summed E-state index contributed by atoms with van der Waals surface area (Å²) in [5.41, 5.74) is -1.54. The predicted octanol–water partition coefficient (Wildman–Crippen LogP) is 4.32. The van der Waals surface area contributed by atoms with Crippen LogP contribution in [0.5, 0.6) is 0 Å². The van der Waals surface area contributed by atoms with Crippen LogP contribution in [0.25, 0.3) is 0 Å². The highest BCUT2D eigenvalue weighted by atomic mass is 35.5. The number of alkyl halides is 3. The minimum absolute atomic E-state index is 0.0511. The van der Waals surface area contributed by atoms with Crippen molar-refractivity contribution < 1.29 is 22.8 Å². The van der Waals surface area contributed by atoms with Crippen molar-refractivity contribution in [2.24, 2.45) is 5.92 Å². The van der Waals surface area contributed by atoms with Crippen molar-refractivity contribution >= 4 is 29.0 Å². The molecule has 2 rings (SSSR count). The van der Waals surface area contributed by atoms with E-state index in [0.29, 0.717) is 5.02 Å². The molecule has 2 aromatic carbocycles. The number of hydrogen-bond donors (Lipinski definition) is 1. The Morgan fingerprint density at radius 2 is 1.68 bits per heavy atom. The Morgan fingerprint density at radius 3 is 2.24 bits per heavy atom. The number of benzene rings is 2. The van der Waals surface area contributed by atoms with Crippen molar-refractivity contribution in [3.8, 4) is 6.07 Å². The quantitative estimate of drug-likeness (QED) is 0.647. The van der Waals surface area contributed by atoms with Gasteiger partial charge in [-0.3, -0.25) is 9.59 Å². The summed E-state index contributed by atoms with van der Waals surface area (Å²) >= 11 is 5.70. The van der Waals surface area contributed by atoms with Gasteiger partial charge in [0.2, 0.25) is 5.91 Å². The van der Waals surface area contributed by atoms with Crippen molar-refractivity contribution in [2.75, 3.05) is 5.32 Å². The van der Waals surface area contributed by atoms with Crippen molar-refractivity contribution in [3.63, 3.8) is 0 Å². The Kier molecular flexibility index (Phi) is 5.45. The maximum absolute atomic E-state index is 12.9. The molecule has 8 heteroatoms. The molecular weight excluding hydrogens is 357 g/mol. The zero-order valence-electron chi connectivity index (χ0n) is 12.5. The fourth-order valence-corrected chi connectivity index (χ4v) is 2.19. The van der Waals surface area contributed by atoms with Gasteiger partial charge < -0.3 is 5.32 Å². The third kappa shape index (κ3) is 4.37. The number of hydrogen-bond acceptors (Lipinski definition) is 3. The molecule has 0 aliphatic rings. The molecule has 0 saturated heterocycles. The van der Waals surface area contributed by atoms with Crippen LogP contribution in [0, 0.1) is 17.2 Å². The summed E-state index contributed by atoms with van der Waals surface area (Å²) < 4.78 is 38.8. The Balaban J connectivity index is 2.26. The Labute approximate surface area is 145 Å². The van der Waals surface area contributed by atoms with E-state index < -0.39 is 35.0 Å². The summed E-state index contributed by atoms with van der Waals surface area (Å²) in [7, 11) is 0. The molecule has 0 bridgehead atoms. The van der Waals surface area contributed by atoms with E-state index in [1.807, 2.05) is 5.32 Å². The zero-order valence-corrected chi connectivity index (χ0v) is 13.2. The van der Waals surface area contributed by atoms with Crippen LogP contribution in [-0.4, -0.2) is 11.7 Å². The normalized spacial score (nSPS) is 12.1. The molecule has 1 N–H and O–H groups in total. The molecule has 0 radical (unpaired) electrons. The van der Waals surface area contributed by atoms with Crippen molar-refractivity contribution in [1.82, 2.24) is 0 Å². The minimum atomic E-state index is -4.69. The first-order valence-electron chi connectivity index (χ1n) is 6.90. The summed E-state index contributed by atoms with van der Waals surface area (Å²) in [6.45, 7) is 0. The van der Waals surface area contributed by atoms with Gasteiger partial charge in [-0.15, -0.1) is 0 Å².